The molecule has 0 bridgehead atoms. The van der Waals surface area contributed by atoms with Gasteiger partial charge in [-0.25, -0.2) is 5.48 Å². The molecule has 1 amide bonds. The SMILES string of the molecule is O=C(NO)c1ccc(CN2C=CC3=CC(C4CCN(Cc5cccc(CN6CCOCC6)c5)CC4)=CNC32)cc1. The lowest BCUT2D eigenvalue weighted by molar-refractivity contribution is 0.0342. The van der Waals surface area contributed by atoms with Crippen molar-refractivity contribution < 1.29 is 14.7 Å². The van der Waals surface area contributed by atoms with Crippen LogP contribution in [-0.2, 0) is 24.4 Å². The van der Waals surface area contributed by atoms with Crippen molar-refractivity contribution in [3.05, 3.63) is 106 Å². The van der Waals surface area contributed by atoms with E-state index in [0.29, 0.717) is 11.5 Å². The maximum absolute atomic E-state index is 11.6. The minimum Gasteiger partial charge on any atom is -0.379 e. The van der Waals surface area contributed by atoms with Crippen molar-refractivity contribution in [2.45, 2.75) is 38.6 Å². The maximum Gasteiger partial charge on any atom is 0.274 e. The average Bonchev–Trinajstić information content (AvgIpc) is 3.40. The van der Waals surface area contributed by atoms with Crippen molar-refractivity contribution in [2.24, 2.45) is 5.92 Å². The summed E-state index contributed by atoms with van der Waals surface area (Å²) in [4.78, 5) is 18.9. The van der Waals surface area contributed by atoms with Crippen molar-refractivity contribution >= 4 is 5.91 Å². The van der Waals surface area contributed by atoms with E-state index in [9.17, 15) is 4.79 Å². The van der Waals surface area contributed by atoms with Crippen LogP contribution < -0.4 is 10.8 Å². The Balaban J connectivity index is 0.986. The molecule has 2 aromatic carbocycles. The first kappa shape index (κ1) is 26.8. The number of rotatable bonds is 8. The number of nitrogens with zero attached hydrogens (tertiary/aromatic N) is 3. The van der Waals surface area contributed by atoms with E-state index in [1.165, 1.54) is 35.1 Å². The molecule has 8 nitrogen and oxygen atoms in total. The molecule has 2 saturated heterocycles. The van der Waals surface area contributed by atoms with Crippen LogP contribution in [0.5, 0.6) is 0 Å². The summed E-state index contributed by atoms with van der Waals surface area (Å²) in [6, 6.07) is 16.4. The first-order valence-electron chi connectivity index (χ1n) is 14.4. The van der Waals surface area contributed by atoms with Gasteiger partial charge in [0.25, 0.3) is 5.91 Å². The van der Waals surface area contributed by atoms with Gasteiger partial charge in [-0.15, -0.1) is 0 Å². The molecule has 3 N–H and O–H groups in total. The predicted molar refractivity (Wildman–Crippen MR) is 154 cm³/mol. The number of hydrogen-bond acceptors (Lipinski definition) is 7. The number of carbonyl (C=O) groups is 1. The van der Waals surface area contributed by atoms with Gasteiger partial charge in [0.05, 0.1) is 13.2 Å². The Hall–Kier alpha value is -3.43. The molecule has 4 heterocycles. The smallest absolute Gasteiger partial charge is 0.274 e. The quantitative estimate of drug-likeness (QED) is 0.348. The lowest BCUT2D eigenvalue weighted by atomic mass is 9.87. The highest BCUT2D eigenvalue weighted by Crippen LogP contribution is 2.32. The molecule has 40 heavy (non-hydrogen) atoms. The molecule has 1 atom stereocenters. The van der Waals surface area contributed by atoms with Gasteiger partial charge in [0.2, 0.25) is 0 Å². The van der Waals surface area contributed by atoms with Gasteiger partial charge in [0.1, 0.15) is 6.17 Å². The van der Waals surface area contributed by atoms with E-state index in [1.807, 2.05) is 12.1 Å². The number of fused-ring (bicyclic) bond motifs is 1. The first-order valence-corrected chi connectivity index (χ1v) is 14.4. The average molecular weight is 542 g/mol. The van der Waals surface area contributed by atoms with E-state index in [0.717, 1.165) is 64.6 Å². The fourth-order valence-corrected chi connectivity index (χ4v) is 6.22. The van der Waals surface area contributed by atoms with Gasteiger partial charge >= 0.3 is 0 Å². The third-order valence-corrected chi connectivity index (χ3v) is 8.50. The van der Waals surface area contributed by atoms with E-state index in [-0.39, 0.29) is 6.17 Å². The lowest BCUT2D eigenvalue weighted by Gasteiger charge is -2.35. The normalized spacial score (nSPS) is 21.9. The number of hydroxylamine groups is 1. The van der Waals surface area contributed by atoms with E-state index in [1.54, 1.807) is 17.6 Å². The summed E-state index contributed by atoms with van der Waals surface area (Å²) in [5.74, 6) is 0.0847. The highest BCUT2D eigenvalue weighted by Gasteiger charge is 2.29. The van der Waals surface area contributed by atoms with Crippen LogP contribution in [0.25, 0.3) is 0 Å². The third kappa shape index (κ3) is 6.31. The Bertz CT molecular complexity index is 1270. The zero-order valence-corrected chi connectivity index (χ0v) is 23.0. The number of amides is 1. The van der Waals surface area contributed by atoms with Crippen molar-refractivity contribution in [1.29, 1.82) is 0 Å². The topological polar surface area (TPSA) is 80.3 Å². The highest BCUT2D eigenvalue weighted by molar-refractivity contribution is 5.93. The second kappa shape index (κ2) is 12.4. The maximum atomic E-state index is 11.6. The molecule has 0 saturated carbocycles. The number of piperidine rings is 1. The van der Waals surface area contributed by atoms with Crippen molar-refractivity contribution in [1.82, 2.24) is 25.5 Å². The minimum atomic E-state index is -0.496. The monoisotopic (exact) mass is 541 g/mol. The molecule has 2 aromatic rings. The number of benzene rings is 2. The summed E-state index contributed by atoms with van der Waals surface area (Å²) < 4.78 is 5.49. The second-order valence-corrected chi connectivity index (χ2v) is 11.2. The molecule has 0 aromatic heterocycles. The van der Waals surface area contributed by atoms with Crippen LogP contribution >= 0.6 is 0 Å². The van der Waals surface area contributed by atoms with E-state index < -0.39 is 5.91 Å². The second-order valence-electron chi connectivity index (χ2n) is 11.2. The molecule has 210 valence electrons. The lowest BCUT2D eigenvalue weighted by Crippen LogP contribution is -2.41. The fraction of sp³-hybridized carbons (Fsp3) is 0.406. The molecular weight excluding hydrogens is 502 g/mol. The zero-order chi connectivity index (χ0) is 27.3. The van der Waals surface area contributed by atoms with Crippen LogP contribution in [0.1, 0.15) is 39.9 Å². The van der Waals surface area contributed by atoms with Crippen LogP contribution in [0.2, 0.25) is 0 Å². The molecule has 6 rings (SSSR count). The summed E-state index contributed by atoms with van der Waals surface area (Å²) in [5.41, 5.74) is 8.75. The minimum absolute atomic E-state index is 0.133. The van der Waals surface area contributed by atoms with E-state index in [4.69, 9.17) is 9.94 Å². The van der Waals surface area contributed by atoms with Crippen molar-refractivity contribution in [3.8, 4) is 0 Å². The van der Waals surface area contributed by atoms with Gasteiger partial charge in [-0.3, -0.25) is 19.8 Å². The third-order valence-electron chi connectivity index (χ3n) is 8.50. The largest absolute Gasteiger partial charge is 0.379 e. The van der Waals surface area contributed by atoms with E-state index in [2.05, 4.69) is 68.8 Å². The molecule has 0 radical (unpaired) electrons. The number of morpholine rings is 1. The number of carbonyl (C=O) groups excluding carboxylic acids is 1. The molecule has 4 aliphatic rings. The Labute approximate surface area is 236 Å². The summed E-state index contributed by atoms with van der Waals surface area (Å²) in [6.07, 6.45) is 11.4. The van der Waals surface area contributed by atoms with Crippen LogP contribution in [0.4, 0.5) is 0 Å². The predicted octanol–water partition coefficient (Wildman–Crippen LogP) is 3.62. The van der Waals surface area contributed by atoms with Gasteiger partial charge in [-0.2, -0.15) is 0 Å². The van der Waals surface area contributed by atoms with Gasteiger partial charge in [-0.05, 0) is 77.9 Å². The first-order chi connectivity index (χ1) is 19.6. The summed E-state index contributed by atoms with van der Waals surface area (Å²) in [5, 5.41) is 12.5. The molecular formula is C32H39N5O3. The fourth-order valence-electron chi connectivity index (χ4n) is 6.22. The Morgan fingerprint density at radius 3 is 2.30 bits per heavy atom. The molecule has 0 aliphatic carbocycles. The van der Waals surface area contributed by atoms with Gasteiger partial charge in [0, 0.05) is 50.7 Å². The molecule has 0 spiro atoms. The summed E-state index contributed by atoms with van der Waals surface area (Å²) in [6.45, 7) is 8.74. The molecule has 1 unspecified atom stereocenters. The van der Waals surface area contributed by atoms with Crippen molar-refractivity contribution in [2.75, 3.05) is 39.4 Å². The van der Waals surface area contributed by atoms with Crippen LogP contribution in [-0.4, -0.2) is 71.4 Å². The van der Waals surface area contributed by atoms with Gasteiger partial charge in [0.15, 0.2) is 0 Å². The molecule has 4 aliphatic heterocycles. The van der Waals surface area contributed by atoms with Crippen LogP contribution in [0, 0.1) is 5.92 Å². The summed E-state index contributed by atoms with van der Waals surface area (Å²) >= 11 is 0. The number of ether oxygens (including phenoxy) is 1. The number of nitrogens with one attached hydrogen (secondary N) is 2. The van der Waals surface area contributed by atoms with Crippen LogP contribution in [0.15, 0.2) is 84.2 Å². The number of allylic oxidation sites excluding steroid dienone is 2. The van der Waals surface area contributed by atoms with Gasteiger partial charge in [-0.1, -0.05) is 42.5 Å². The Morgan fingerprint density at radius 2 is 1.60 bits per heavy atom. The highest BCUT2D eigenvalue weighted by atomic mass is 16.5. The standard InChI is InChI=1S/C32H39N5O3/c38-32(34-39)28-6-4-24(5-7-28)23-37-13-10-29-19-30(20-33-31(29)37)27-8-11-35(12-9-27)21-25-2-1-3-26(18-25)22-36-14-16-40-17-15-36/h1-7,10,13,18-20,27,31,33,39H,8-9,11-12,14-17,21-23H2,(H,34,38). The number of likely N-dealkylation sites (tertiary alicyclic amines) is 1. The molecule has 2 fully saturated rings. The van der Waals surface area contributed by atoms with E-state index >= 15 is 0 Å². The Morgan fingerprint density at radius 1 is 0.900 bits per heavy atom. The summed E-state index contributed by atoms with van der Waals surface area (Å²) in [7, 11) is 0. The number of hydrogen-bond donors (Lipinski definition) is 3. The zero-order valence-electron chi connectivity index (χ0n) is 23.0. The molecule has 8 heteroatoms. The Kier molecular flexibility index (Phi) is 8.29. The van der Waals surface area contributed by atoms with Crippen LogP contribution in [0.3, 0.4) is 0 Å². The van der Waals surface area contributed by atoms with Crippen molar-refractivity contribution in [3.63, 3.8) is 0 Å². The number of dihydropyridines is 1. The van der Waals surface area contributed by atoms with Gasteiger partial charge < -0.3 is 15.0 Å².